The van der Waals surface area contributed by atoms with Crippen LogP contribution in [-0.4, -0.2) is 51.1 Å². The summed E-state index contributed by atoms with van der Waals surface area (Å²) in [4.78, 5) is 53.8. The number of carbonyl (C=O) groups is 4. The van der Waals surface area contributed by atoms with Crippen LogP contribution >= 0.6 is 39.9 Å². The lowest BCUT2D eigenvalue weighted by Gasteiger charge is -2.17. The number of aliphatic carboxylic acids is 1. The van der Waals surface area contributed by atoms with Crippen LogP contribution < -0.4 is 10.2 Å². The average Bonchev–Trinajstić information content (AvgIpc) is 3.36. The number of nitrogens with zero attached hydrogens (tertiary/aromatic N) is 2. The van der Waals surface area contributed by atoms with E-state index in [1.807, 2.05) is 18.2 Å². The minimum absolute atomic E-state index is 0.189. The second-order valence-electron chi connectivity index (χ2n) is 9.97. The van der Waals surface area contributed by atoms with Gasteiger partial charge in [0.2, 0.25) is 5.91 Å². The molecule has 41 heavy (non-hydrogen) atoms. The van der Waals surface area contributed by atoms with Crippen molar-refractivity contribution in [1.29, 1.82) is 0 Å². The SMILES string of the molecule is O=C(O)CCCCCCCCCCN1C(=O)C(=C2C(=O)N(CC(=O)Nc3cccc(Br)c3)c3ccccc32)SC1=S. The maximum absolute atomic E-state index is 13.6. The lowest BCUT2D eigenvalue weighted by atomic mass is 10.1. The summed E-state index contributed by atoms with van der Waals surface area (Å²) in [5, 5.41) is 11.5. The Kier molecular flexibility index (Phi) is 11.1. The first-order valence-electron chi connectivity index (χ1n) is 13.7. The molecule has 0 atom stereocenters. The Bertz CT molecular complexity index is 1380. The van der Waals surface area contributed by atoms with Crippen LogP contribution in [0.4, 0.5) is 11.4 Å². The first kappa shape index (κ1) is 30.9. The predicted molar refractivity (Wildman–Crippen MR) is 170 cm³/mol. The highest BCUT2D eigenvalue weighted by Crippen LogP contribution is 2.44. The summed E-state index contributed by atoms with van der Waals surface area (Å²) in [5.41, 5.74) is 2.11. The summed E-state index contributed by atoms with van der Waals surface area (Å²) in [7, 11) is 0. The minimum atomic E-state index is -0.741. The summed E-state index contributed by atoms with van der Waals surface area (Å²) in [6, 6.07) is 14.4. The fourth-order valence-electron chi connectivity index (χ4n) is 4.92. The summed E-state index contributed by atoms with van der Waals surface area (Å²) >= 11 is 10.1. The molecule has 2 aromatic rings. The van der Waals surface area contributed by atoms with Crippen LogP contribution in [0.25, 0.3) is 5.57 Å². The van der Waals surface area contributed by atoms with Gasteiger partial charge < -0.3 is 10.4 Å². The Morgan fingerprint density at radius 2 is 1.56 bits per heavy atom. The molecule has 1 fully saturated rings. The van der Waals surface area contributed by atoms with Gasteiger partial charge in [-0.1, -0.05) is 103 Å². The Balaban J connectivity index is 1.35. The van der Waals surface area contributed by atoms with E-state index in [0.29, 0.717) is 38.3 Å². The average molecular weight is 659 g/mol. The highest BCUT2D eigenvalue weighted by atomic mass is 79.9. The van der Waals surface area contributed by atoms with Crippen molar-refractivity contribution >= 4 is 84.9 Å². The third-order valence-electron chi connectivity index (χ3n) is 6.93. The lowest BCUT2D eigenvalue weighted by molar-refractivity contribution is -0.137. The molecule has 1 saturated heterocycles. The quantitative estimate of drug-likeness (QED) is 0.134. The molecule has 0 unspecified atom stereocenters. The number of anilines is 2. The normalized spacial score (nSPS) is 16.5. The number of halogens is 1. The zero-order chi connectivity index (χ0) is 29.4. The van der Waals surface area contributed by atoms with Gasteiger partial charge in [0.1, 0.15) is 10.9 Å². The number of nitrogens with one attached hydrogen (secondary N) is 1. The van der Waals surface area contributed by atoms with Crippen LogP contribution in [0, 0.1) is 0 Å². The van der Waals surface area contributed by atoms with E-state index in [-0.39, 0.29) is 30.7 Å². The molecule has 0 aliphatic carbocycles. The summed E-state index contributed by atoms with van der Waals surface area (Å²) < 4.78 is 1.26. The van der Waals surface area contributed by atoms with Gasteiger partial charge in [0, 0.05) is 28.7 Å². The van der Waals surface area contributed by atoms with Gasteiger partial charge in [-0.15, -0.1) is 0 Å². The summed E-state index contributed by atoms with van der Waals surface area (Å²) in [6.45, 7) is 0.306. The van der Waals surface area contributed by atoms with Gasteiger partial charge in [-0.2, -0.15) is 0 Å². The van der Waals surface area contributed by atoms with Gasteiger partial charge in [0.15, 0.2) is 0 Å². The number of rotatable bonds is 14. The number of fused-ring (bicyclic) bond motifs is 1. The van der Waals surface area contributed by atoms with Crippen LogP contribution in [0.1, 0.15) is 63.4 Å². The number of thioether (sulfide) groups is 1. The molecule has 2 N–H and O–H groups in total. The fourth-order valence-corrected chi connectivity index (χ4v) is 6.70. The first-order valence-corrected chi connectivity index (χ1v) is 15.7. The number of benzene rings is 2. The fraction of sp³-hybridized carbons (Fsp3) is 0.367. The van der Waals surface area contributed by atoms with Crippen LogP contribution in [0.2, 0.25) is 0 Å². The zero-order valence-electron chi connectivity index (χ0n) is 22.6. The van der Waals surface area contributed by atoms with Crippen LogP contribution in [0.3, 0.4) is 0 Å². The third-order valence-corrected chi connectivity index (χ3v) is 8.87. The molecule has 0 saturated carbocycles. The Morgan fingerprint density at radius 1 is 0.878 bits per heavy atom. The highest BCUT2D eigenvalue weighted by Gasteiger charge is 2.42. The maximum atomic E-state index is 13.6. The molecule has 0 aromatic heterocycles. The molecule has 4 rings (SSSR count). The molecular formula is C30H32BrN3O5S2. The van der Waals surface area contributed by atoms with Crippen molar-refractivity contribution < 1.29 is 24.3 Å². The highest BCUT2D eigenvalue weighted by molar-refractivity contribution is 9.10. The van der Waals surface area contributed by atoms with Crippen molar-refractivity contribution in [1.82, 2.24) is 4.90 Å². The number of carbonyl (C=O) groups excluding carboxylic acids is 3. The molecule has 2 aliphatic heterocycles. The van der Waals surface area contributed by atoms with Crippen molar-refractivity contribution in [2.45, 2.75) is 57.8 Å². The third kappa shape index (κ3) is 8.05. The topological polar surface area (TPSA) is 107 Å². The van der Waals surface area contributed by atoms with Gasteiger partial charge in [-0.25, -0.2) is 0 Å². The Labute approximate surface area is 257 Å². The molecule has 216 valence electrons. The van der Waals surface area contributed by atoms with E-state index in [9.17, 15) is 19.2 Å². The first-order chi connectivity index (χ1) is 19.8. The number of hydrogen-bond acceptors (Lipinski definition) is 6. The van der Waals surface area contributed by atoms with Crippen LogP contribution in [0.5, 0.6) is 0 Å². The van der Waals surface area contributed by atoms with Crippen LogP contribution in [-0.2, 0) is 19.2 Å². The van der Waals surface area contributed by atoms with Gasteiger partial charge >= 0.3 is 5.97 Å². The van der Waals surface area contributed by atoms with Crippen molar-refractivity contribution in [2.24, 2.45) is 0 Å². The van der Waals surface area contributed by atoms with Gasteiger partial charge in [-0.3, -0.25) is 29.0 Å². The zero-order valence-corrected chi connectivity index (χ0v) is 25.8. The van der Waals surface area contributed by atoms with Crippen LogP contribution in [0.15, 0.2) is 57.9 Å². The molecule has 8 nitrogen and oxygen atoms in total. The number of carboxylic acid groups (broad SMARTS) is 1. The van der Waals surface area contributed by atoms with E-state index in [0.717, 1.165) is 67.6 Å². The lowest BCUT2D eigenvalue weighted by Crippen LogP contribution is -2.35. The van der Waals surface area contributed by atoms with E-state index in [1.165, 1.54) is 4.90 Å². The second kappa shape index (κ2) is 14.7. The molecule has 3 amide bonds. The summed E-state index contributed by atoms with van der Waals surface area (Å²) in [5.74, 6) is -1.74. The maximum Gasteiger partial charge on any atom is 0.303 e. The molecule has 2 aromatic carbocycles. The smallest absolute Gasteiger partial charge is 0.303 e. The number of hydrogen-bond donors (Lipinski definition) is 2. The van der Waals surface area contributed by atoms with Crippen molar-refractivity contribution in [3.63, 3.8) is 0 Å². The van der Waals surface area contributed by atoms with E-state index >= 15 is 0 Å². The van der Waals surface area contributed by atoms with Crippen molar-refractivity contribution in [3.8, 4) is 0 Å². The number of unbranched alkanes of at least 4 members (excludes halogenated alkanes) is 7. The second-order valence-corrected chi connectivity index (χ2v) is 12.5. The molecule has 2 aliphatic rings. The van der Waals surface area contributed by atoms with E-state index in [1.54, 1.807) is 35.2 Å². The van der Waals surface area contributed by atoms with Crippen molar-refractivity contribution in [2.75, 3.05) is 23.3 Å². The van der Waals surface area contributed by atoms with Crippen molar-refractivity contribution in [3.05, 3.63) is 63.5 Å². The predicted octanol–water partition coefficient (Wildman–Crippen LogP) is 6.60. The Hall–Kier alpha value is -3.02. The van der Waals surface area contributed by atoms with E-state index < -0.39 is 5.97 Å². The molecule has 0 bridgehead atoms. The van der Waals surface area contributed by atoms with E-state index in [2.05, 4.69) is 21.2 Å². The molecular weight excluding hydrogens is 626 g/mol. The standard InChI is InChI=1S/C30H32BrN3O5S2/c31-20-12-11-13-21(18-20)32-24(35)19-34-23-15-9-8-14-22(23)26(28(34)38)27-29(39)33(30(40)41-27)17-10-6-4-2-1-3-5-7-16-25(36)37/h8-9,11-15,18H,1-7,10,16-17,19H2,(H,32,35)(H,36,37). The molecule has 2 heterocycles. The molecule has 0 spiro atoms. The van der Waals surface area contributed by atoms with E-state index in [4.69, 9.17) is 17.3 Å². The summed E-state index contributed by atoms with van der Waals surface area (Å²) in [6.07, 6.45) is 7.89. The Morgan fingerprint density at radius 3 is 2.27 bits per heavy atom. The van der Waals surface area contributed by atoms with Gasteiger partial charge in [0.05, 0.1) is 16.2 Å². The minimum Gasteiger partial charge on any atom is -0.481 e. The number of amides is 3. The monoisotopic (exact) mass is 657 g/mol. The largest absolute Gasteiger partial charge is 0.481 e. The molecule has 11 heteroatoms. The van der Waals surface area contributed by atoms with Gasteiger partial charge in [0.25, 0.3) is 11.8 Å². The molecule has 0 radical (unpaired) electrons. The number of thiocarbonyl (C=S) groups is 1. The van der Waals surface area contributed by atoms with Gasteiger partial charge in [-0.05, 0) is 37.1 Å². The number of carboxylic acids is 1. The number of para-hydroxylation sites is 1.